The number of hydrogen-bond donors (Lipinski definition) is 3. The van der Waals surface area contributed by atoms with Crippen LogP contribution in [-0.4, -0.2) is 41.8 Å². The molecule has 0 spiro atoms. The van der Waals surface area contributed by atoms with Gasteiger partial charge in [-0.3, -0.25) is 5.32 Å². The van der Waals surface area contributed by atoms with Crippen molar-refractivity contribution in [2.24, 2.45) is 0 Å². The number of nitrogens with one attached hydrogen (secondary N) is 3. The molecular weight excluding hydrogens is 396 g/mol. The number of anilines is 2. The van der Waals surface area contributed by atoms with E-state index in [0.29, 0.717) is 0 Å². The van der Waals surface area contributed by atoms with Crippen molar-refractivity contribution < 1.29 is 0 Å². The van der Waals surface area contributed by atoms with E-state index in [9.17, 15) is 0 Å². The highest BCUT2D eigenvalue weighted by Gasteiger charge is 2.27. The first-order valence-electron chi connectivity index (χ1n) is 12.8. The molecule has 3 aliphatic rings. The normalized spacial score (nSPS) is 23.9. The molecule has 0 amide bonds. The molecule has 2 aromatic rings. The Bertz CT molecular complexity index is 862. The van der Waals surface area contributed by atoms with E-state index in [2.05, 4.69) is 51.2 Å². The van der Waals surface area contributed by atoms with Gasteiger partial charge in [0.05, 0.1) is 17.9 Å². The number of benzene rings is 1. The molecule has 2 fully saturated rings. The minimum atomic E-state index is 0.213. The molecule has 6 heteroatoms. The highest BCUT2D eigenvalue weighted by Crippen LogP contribution is 2.31. The average Bonchev–Trinajstić information content (AvgIpc) is 3.13. The molecule has 32 heavy (non-hydrogen) atoms. The first kappa shape index (κ1) is 21.7. The van der Waals surface area contributed by atoms with Crippen molar-refractivity contribution in [2.45, 2.75) is 83.0 Å². The lowest BCUT2D eigenvalue weighted by molar-refractivity contribution is 0.314. The standard InChI is InChI=1S/C26H38N6/c1-2-9-18-32(17-8-1)25-21-13-6-7-14-22(21)29-26(31-25)30-23-15-10-16-27-24(23)28-19-20-11-4-3-5-12-20/h3-5,11-12,23-24,27-28H,1-2,6-10,13-19H2,(H,29,30,31). The zero-order valence-electron chi connectivity index (χ0n) is 19.3. The van der Waals surface area contributed by atoms with Crippen molar-refractivity contribution >= 4 is 11.8 Å². The van der Waals surface area contributed by atoms with E-state index in [4.69, 9.17) is 9.97 Å². The molecule has 3 heterocycles. The minimum Gasteiger partial charge on any atom is -0.356 e. The summed E-state index contributed by atoms with van der Waals surface area (Å²) >= 11 is 0. The number of aryl methyl sites for hydroxylation is 1. The lowest BCUT2D eigenvalue weighted by Gasteiger charge is -2.35. The largest absolute Gasteiger partial charge is 0.356 e. The van der Waals surface area contributed by atoms with E-state index >= 15 is 0 Å². The van der Waals surface area contributed by atoms with Gasteiger partial charge in [0.1, 0.15) is 5.82 Å². The van der Waals surface area contributed by atoms with Crippen LogP contribution >= 0.6 is 0 Å². The fourth-order valence-electron chi connectivity index (χ4n) is 5.43. The van der Waals surface area contributed by atoms with Gasteiger partial charge in [0.15, 0.2) is 0 Å². The van der Waals surface area contributed by atoms with Gasteiger partial charge in [-0.1, -0.05) is 43.2 Å². The van der Waals surface area contributed by atoms with Crippen LogP contribution in [0.3, 0.4) is 0 Å². The Balaban J connectivity index is 1.34. The Morgan fingerprint density at radius 2 is 1.72 bits per heavy atom. The molecule has 5 rings (SSSR count). The van der Waals surface area contributed by atoms with Gasteiger partial charge in [-0.15, -0.1) is 0 Å². The maximum Gasteiger partial charge on any atom is 0.225 e. The summed E-state index contributed by atoms with van der Waals surface area (Å²) in [6.45, 7) is 4.18. The fourth-order valence-corrected chi connectivity index (χ4v) is 5.43. The minimum absolute atomic E-state index is 0.213. The molecule has 0 bridgehead atoms. The summed E-state index contributed by atoms with van der Waals surface area (Å²) in [5.41, 5.74) is 4.02. The Labute approximate surface area is 192 Å². The van der Waals surface area contributed by atoms with Crippen molar-refractivity contribution in [3.63, 3.8) is 0 Å². The third-order valence-electron chi connectivity index (χ3n) is 7.21. The zero-order chi connectivity index (χ0) is 21.6. The van der Waals surface area contributed by atoms with Gasteiger partial charge in [0.2, 0.25) is 5.95 Å². The summed E-state index contributed by atoms with van der Waals surface area (Å²) in [5.74, 6) is 2.04. The van der Waals surface area contributed by atoms with Crippen LogP contribution < -0.4 is 20.9 Å². The molecular formula is C26H38N6. The number of piperidine rings is 1. The summed E-state index contributed by atoms with van der Waals surface area (Å²) < 4.78 is 0. The van der Waals surface area contributed by atoms with Crippen LogP contribution in [0.4, 0.5) is 11.8 Å². The molecule has 2 aliphatic heterocycles. The summed E-state index contributed by atoms with van der Waals surface area (Å²) in [7, 11) is 0. The van der Waals surface area contributed by atoms with Crippen LogP contribution in [0.15, 0.2) is 30.3 Å². The average molecular weight is 435 g/mol. The highest BCUT2D eigenvalue weighted by atomic mass is 15.3. The smallest absolute Gasteiger partial charge is 0.225 e. The second kappa shape index (κ2) is 10.6. The number of hydrogen-bond acceptors (Lipinski definition) is 6. The van der Waals surface area contributed by atoms with E-state index in [-0.39, 0.29) is 12.2 Å². The van der Waals surface area contributed by atoms with Crippen molar-refractivity contribution in [1.29, 1.82) is 0 Å². The monoisotopic (exact) mass is 434 g/mol. The number of nitrogens with zero attached hydrogens (tertiary/aromatic N) is 3. The second-order valence-electron chi connectivity index (χ2n) is 9.60. The Morgan fingerprint density at radius 1 is 0.906 bits per heavy atom. The molecule has 3 N–H and O–H groups in total. The molecule has 6 nitrogen and oxygen atoms in total. The SMILES string of the molecule is c1ccc(CNC2NCCCC2Nc2nc3c(c(N4CCCCCC4)n2)CCCC3)cc1. The Kier molecular flexibility index (Phi) is 7.19. The van der Waals surface area contributed by atoms with Crippen molar-refractivity contribution in [2.75, 3.05) is 29.9 Å². The molecule has 1 aromatic heterocycles. The van der Waals surface area contributed by atoms with Gasteiger partial charge < -0.3 is 15.5 Å². The predicted octanol–water partition coefficient (Wildman–Crippen LogP) is 4.02. The van der Waals surface area contributed by atoms with E-state index in [1.807, 2.05) is 0 Å². The summed E-state index contributed by atoms with van der Waals surface area (Å²) in [6.07, 6.45) is 12.5. The van der Waals surface area contributed by atoms with Crippen LogP contribution in [0.2, 0.25) is 0 Å². The first-order valence-corrected chi connectivity index (χ1v) is 12.8. The van der Waals surface area contributed by atoms with Crippen LogP contribution in [0, 0.1) is 0 Å². The predicted molar refractivity (Wildman–Crippen MR) is 131 cm³/mol. The lowest BCUT2D eigenvalue weighted by atomic mass is 9.96. The van der Waals surface area contributed by atoms with Crippen LogP contribution in [0.5, 0.6) is 0 Å². The maximum atomic E-state index is 5.15. The van der Waals surface area contributed by atoms with Crippen molar-refractivity contribution in [1.82, 2.24) is 20.6 Å². The summed E-state index contributed by atoms with van der Waals surface area (Å²) in [5, 5.41) is 11.1. The van der Waals surface area contributed by atoms with E-state index < -0.39 is 0 Å². The third kappa shape index (κ3) is 5.24. The number of aromatic nitrogens is 2. The van der Waals surface area contributed by atoms with Crippen molar-refractivity contribution in [3.8, 4) is 0 Å². The van der Waals surface area contributed by atoms with Gasteiger partial charge in [-0.2, -0.15) is 4.98 Å². The van der Waals surface area contributed by atoms with Gasteiger partial charge in [-0.05, 0) is 63.5 Å². The topological polar surface area (TPSA) is 65.1 Å². The quantitative estimate of drug-likeness (QED) is 0.638. The van der Waals surface area contributed by atoms with Gasteiger partial charge in [0.25, 0.3) is 0 Å². The molecule has 1 aliphatic carbocycles. The molecule has 2 saturated heterocycles. The van der Waals surface area contributed by atoms with Gasteiger partial charge in [-0.25, -0.2) is 4.98 Å². The van der Waals surface area contributed by atoms with E-state index in [1.54, 1.807) is 0 Å². The lowest BCUT2D eigenvalue weighted by Crippen LogP contribution is -2.56. The van der Waals surface area contributed by atoms with E-state index in [0.717, 1.165) is 51.4 Å². The molecule has 172 valence electrons. The zero-order valence-corrected chi connectivity index (χ0v) is 19.3. The molecule has 2 unspecified atom stereocenters. The van der Waals surface area contributed by atoms with E-state index in [1.165, 1.54) is 67.6 Å². The second-order valence-corrected chi connectivity index (χ2v) is 9.60. The van der Waals surface area contributed by atoms with Crippen LogP contribution in [-0.2, 0) is 19.4 Å². The number of rotatable bonds is 6. The van der Waals surface area contributed by atoms with Gasteiger partial charge >= 0.3 is 0 Å². The highest BCUT2D eigenvalue weighted by molar-refractivity contribution is 5.54. The third-order valence-corrected chi connectivity index (χ3v) is 7.21. The molecule has 0 radical (unpaired) electrons. The Hall–Kier alpha value is -2.18. The molecule has 2 atom stereocenters. The summed E-state index contributed by atoms with van der Waals surface area (Å²) in [6, 6.07) is 10.9. The molecule has 1 aromatic carbocycles. The maximum absolute atomic E-state index is 5.15. The number of fused-ring (bicyclic) bond motifs is 1. The fraction of sp³-hybridized carbons (Fsp3) is 0.615. The summed E-state index contributed by atoms with van der Waals surface area (Å²) in [4.78, 5) is 12.7. The first-order chi connectivity index (χ1) is 15.9. The van der Waals surface area contributed by atoms with Crippen molar-refractivity contribution in [3.05, 3.63) is 47.2 Å². The molecule has 0 saturated carbocycles. The van der Waals surface area contributed by atoms with Gasteiger partial charge in [0, 0.05) is 25.2 Å². The Morgan fingerprint density at radius 3 is 2.56 bits per heavy atom. The van der Waals surface area contributed by atoms with Crippen LogP contribution in [0.1, 0.15) is 68.2 Å². The van der Waals surface area contributed by atoms with Crippen LogP contribution in [0.25, 0.3) is 0 Å².